The summed E-state index contributed by atoms with van der Waals surface area (Å²) in [5, 5.41) is 12.1. The lowest BCUT2D eigenvalue weighted by molar-refractivity contribution is -0.139. The Balaban J connectivity index is 1.74. The molecule has 13 heteroatoms. The number of carboxylic acid groups (broad SMARTS) is 1. The molecule has 1 aliphatic heterocycles. The van der Waals surface area contributed by atoms with Gasteiger partial charge in [0.2, 0.25) is 5.91 Å². The van der Waals surface area contributed by atoms with Gasteiger partial charge in [-0.05, 0) is 72.6 Å². The number of ether oxygens (including phenoxy) is 1. The Hall–Kier alpha value is -3.74. The highest BCUT2D eigenvalue weighted by atomic mass is 35.5. The monoisotopic (exact) mass is 693 g/mol. The minimum Gasteiger partial charge on any atom is -0.481 e. The maximum absolute atomic E-state index is 15.6. The fraction of sp³-hybridized carbons (Fsp3) is 0.457. The van der Waals surface area contributed by atoms with E-state index in [2.05, 4.69) is 5.32 Å². The van der Waals surface area contributed by atoms with Crippen molar-refractivity contribution in [3.8, 4) is 11.1 Å². The summed E-state index contributed by atoms with van der Waals surface area (Å²) in [5.74, 6) is -3.32. The van der Waals surface area contributed by atoms with Gasteiger partial charge in [-0.3, -0.25) is 19.3 Å². The van der Waals surface area contributed by atoms with Crippen LogP contribution in [0.15, 0.2) is 47.4 Å². The zero-order valence-corrected chi connectivity index (χ0v) is 28.2. The van der Waals surface area contributed by atoms with Crippen LogP contribution in [0.2, 0.25) is 5.02 Å². The molecule has 0 aliphatic carbocycles. The summed E-state index contributed by atoms with van der Waals surface area (Å²) in [6.45, 7) is 8.67. The Kier molecular flexibility index (Phi) is 11.8. The van der Waals surface area contributed by atoms with Gasteiger partial charge in [-0.25, -0.2) is 4.39 Å². The molecule has 1 unspecified atom stereocenters. The summed E-state index contributed by atoms with van der Waals surface area (Å²) < 4.78 is 64.0. The second-order valence-corrected chi connectivity index (χ2v) is 13.2. The summed E-state index contributed by atoms with van der Waals surface area (Å²) in [4.78, 5) is 41.1. The molecule has 3 aromatic rings. The molecular formula is C35H40ClF4N3O5. The van der Waals surface area contributed by atoms with Gasteiger partial charge in [0.05, 0.1) is 29.2 Å². The van der Waals surface area contributed by atoms with Gasteiger partial charge >= 0.3 is 12.1 Å². The van der Waals surface area contributed by atoms with Crippen LogP contribution in [-0.4, -0.2) is 59.3 Å². The van der Waals surface area contributed by atoms with Crippen molar-refractivity contribution < 1.29 is 37.0 Å². The van der Waals surface area contributed by atoms with Gasteiger partial charge in [-0.1, -0.05) is 43.6 Å². The number of aliphatic carboxylic acids is 1. The van der Waals surface area contributed by atoms with Crippen molar-refractivity contribution in [3.05, 3.63) is 91.6 Å². The predicted molar refractivity (Wildman–Crippen MR) is 175 cm³/mol. The number of alkyl halides is 3. The molecular weight excluding hydrogens is 654 g/mol. The molecule has 0 saturated carbocycles. The average Bonchev–Trinajstić information content (AvgIpc) is 2.96. The fourth-order valence-electron chi connectivity index (χ4n) is 6.18. The van der Waals surface area contributed by atoms with Gasteiger partial charge in [0, 0.05) is 44.6 Å². The van der Waals surface area contributed by atoms with Crippen molar-refractivity contribution in [1.82, 2.24) is 14.8 Å². The number of benzene rings is 2. The summed E-state index contributed by atoms with van der Waals surface area (Å²) in [6, 6.07) is 6.20. The van der Waals surface area contributed by atoms with Crippen LogP contribution in [0, 0.1) is 25.6 Å². The minimum absolute atomic E-state index is 0.0000539. The van der Waals surface area contributed by atoms with Crippen molar-refractivity contribution in [2.45, 2.75) is 71.3 Å². The highest BCUT2D eigenvalue weighted by molar-refractivity contribution is 6.31. The molecule has 2 atom stereocenters. The van der Waals surface area contributed by atoms with Gasteiger partial charge in [0.1, 0.15) is 11.9 Å². The number of rotatable bonds is 13. The Labute approximate surface area is 281 Å². The van der Waals surface area contributed by atoms with Gasteiger partial charge < -0.3 is 19.7 Å². The number of amides is 1. The van der Waals surface area contributed by atoms with E-state index >= 15 is 4.39 Å². The Bertz CT molecular complexity index is 1700. The zero-order chi connectivity index (χ0) is 35.5. The average molecular weight is 694 g/mol. The van der Waals surface area contributed by atoms with E-state index in [9.17, 15) is 32.7 Å². The van der Waals surface area contributed by atoms with Crippen LogP contribution in [0.5, 0.6) is 0 Å². The third-order valence-electron chi connectivity index (χ3n) is 8.65. The molecule has 1 fully saturated rings. The quantitative estimate of drug-likeness (QED) is 0.193. The van der Waals surface area contributed by atoms with Crippen LogP contribution in [0.1, 0.15) is 66.6 Å². The van der Waals surface area contributed by atoms with Crippen LogP contribution in [-0.2, 0) is 26.9 Å². The number of nitrogens with zero attached hydrogens (tertiary/aromatic N) is 2. The van der Waals surface area contributed by atoms with Crippen molar-refractivity contribution in [2.24, 2.45) is 5.92 Å². The number of carbonyl (C=O) groups is 2. The first kappa shape index (κ1) is 37.1. The van der Waals surface area contributed by atoms with Crippen LogP contribution in [0.3, 0.4) is 0 Å². The number of nitrogens with one attached hydrogen (secondary N) is 1. The molecule has 2 heterocycles. The van der Waals surface area contributed by atoms with Crippen molar-refractivity contribution in [2.75, 3.05) is 26.7 Å². The number of aromatic nitrogens is 1. The first-order valence-electron chi connectivity index (χ1n) is 15.6. The highest BCUT2D eigenvalue weighted by Gasteiger charge is 2.36. The third-order valence-corrected chi connectivity index (χ3v) is 8.93. The van der Waals surface area contributed by atoms with E-state index in [1.165, 1.54) is 12.1 Å². The first-order chi connectivity index (χ1) is 22.5. The molecule has 1 aliphatic rings. The topological polar surface area (TPSA) is 101 Å². The second kappa shape index (κ2) is 15.2. The predicted octanol–water partition coefficient (Wildman–Crippen LogP) is 6.74. The van der Waals surface area contributed by atoms with E-state index in [1.807, 2.05) is 36.9 Å². The minimum atomic E-state index is -4.81. The summed E-state index contributed by atoms with van der Waals surface area (Å²) in [7, 11) is 1.56. The number of carboxylic acids is 1. The molecule has 1 amide bonds. The normalized spacial score (nSPS) is 15.3. The summed E-state index contributed by atoms with van der Waals surface area (Å²) in [5.41, 5.74) is 0.538. The molecule has 4 rings (SSSR count). The third kappa shape index (κ3) is 8.64. The summed E-state index contributed by atoms with van der Waals surface area (Å²) >= 11 is 6.31. The lowest BCUT2D eigenvalue weighted by Crippen LogP contribution is -2.52. The molecule has 260 valence electrons. The molecule has 2 aromatic carbocycles. The standard InChI is InChI=1S/C35H40ClF4N3O5/c1-19(2)11-29(43-16-22(9-10-42-17-24(18-42)48-5)26(14-30(43)44)35(38,39)40)34(47)41-28(15-31(45)46)25-12-23(13-27(36)33(25)37)32-20(3)7-6-8-21(32)4/h6-8,12-14,16,19,24,28-29H,9-11,15,17-18H2,1-5H3,(H,41,47)(H,45,46)/t28-,29?/m0/s1. The van der Waals surface area contributed by atoms with Crippen LogP contribution in [0.25, 0.3) is 11.1 Å². The molecule has 48 heavy (non-hydrogen) atoms. The molecule has 8 nitrogen and oxygen atoms in total. The lowest BCUT2D eigenvalue weighted by atomic mass is 9.92. The van der Waals surface area contributed by atoms with E-state index in [4.69, 9.17) is 16.3 Å². The maximum Gasteiger partial charge on any atom is 0.416 e. The maximum atomic E-state index is 15.6. The van der Waals surface area contributed by atoms with Gasteiger partial charge in [0.25, 0.3) is 5.56 Å². The van der Waals surface area contributed by atoms with E-state index in [0.29, 0.717) is 24.7 Å². The van der Waals surface area contributed by atoms with Crippen LogP contribution in [0.4, 0.5) is 17.6 Å². The number of pyridine rings is 1. The number of methoxy groups -OCH3 is 1. The van der Waals surface area contributed by atoms with Crippen molar-refractivity contribution in [3.63, 3.8) is 0 Å². The number of carbonyl (C=O) groups excluding carboxylic acids is 1. The van der Waals surface area contributed by atoms with Gasteiger partial charge in [0.15, 0.2) is 0 Å². The van der Waals surface area contributed by atoms with Gasteiger partial charge in [-0.2, -0.15) is 13.2 Å². The zero-order valence-electron chi connectivity index (χ0n) is 27.5. The lowest BCUT2D eigenvalue weighted by Gasteiger charge is -2.38. The molecule has 0 spiro atoms. The van der Waals surface area contributed by atoms with E-state index < -0.39 is 53.5 Å². The van der Waals surface area contributed by atoms with E-state index in [1.54, 1.807) is 21.0 Å². The second-order valence-electron chi connectivity index (χ2n) is 12.8. The largest absolute Gasteiger partial charge is 0.481 e. The van der Waals surface area contributed by atoms with Crippen LogP contribution >= 0.6 is 11.6 Å². The summed E-state index contributed by atoms with van der Waals surface area (Å²) in [6.07, 6.45) is -4.48. The number of hydrogen-bond donors (Lipinski definition) is 2. The number of likely N-dealkylation sites (tertiary alicyclic amines) is 1. The van der Waals surface area contributed by atoms with Crippen molar-refractivity contribution >= 4 is 23.5 Å². The van der Waals surface area contributed by atoms with Crippen molar-refractivity contribution in [1.29, 1.82) is 0 Å². The Morgan fingerprint density at radius 2 is 1.77 bits per heavy atom. The molecule has 0 radical (unpaired) electrons. The highest BCUT2D eigenvalue weighted by Crippen LogP contribution is 2.36. The number of hydrogen-bond acceptors (Lipinski definition) is 5. The molecule has 1 aromatic heterocycles. The van der Waals surface area contributed by atoms with E-state index in [0.717, 1.165) is 27.5 Å². The Morgan fingerprint density at radius 1 is 1.12 bits per heavy atom. The van der Waals surface area contributed by atoms with Gasteiger partial charge in [-0.15, -0.1) is 0 Å². The molecule has 1 saturated heterocycles. The fourth-order valence-corrected chi connectivity index (χ4v) is 6.41. The number of aryl methyl sites for hydroxylation is 2. The van der Waals surface area contributed by atoms with E-state index in [-0.39, 0.29) is 47.6 Å². The Morgan fingerprint density at radius 3 is 2.33 bits per heavy atom. The number of halogens is 5. The molecule has 0 bridgehead atoms. The smallest absolute Gasteiger partial charge is 0.416 e. The van der Waals surface area contributed by atoms with Crippen LogP contribution < -0.4 is 10.9 Å². The molecule has 2 N–H and O–H groups in total. The first-order valence-corrected chi connectivity index (χ1v) is 16.0. The SMILES string of the molecule is COC1CN(CCc2cn(C(CC(C)C)C(=O)N[C@@H](CC(=O)O)c3cc(-c4c(C)cccc4C)cc(Cl)c3F)c(=O)cc2C(F)(F)F)C1.